The van der Waals surface area contributed by atoms with Crippen LogP contribution in [0.3, 0.4) is 0 Å². The zero-order valence-corrected chi connectivity index (χ0v) is 12.5. The molecule has 1 amide bonds. The van der Waals surface area contributed by atoms with Crippen LogP contribution in [0.4, 0.5) is 0 Å². The van der Waals surface area contributed by atoms with E-state index in [1.807, 2.05) is 6.92 Å². The summed E-state index contributed by atoms with van der Waals surface area (Å²) in [4.78, 5) is 20.6. The minimum Gasteiger partial charge on any atom is -0.367 e. The summed E-state index contributed by atoms with van der Waals surface area (Å²) in [6.07, 6.45) is 8.16. The monoisotopic (exact) mass is 301 g/mol. The first-order valence-electron chi connectivity index (χ1n) is 7.40. The Morgan fingerprint density at radius 3 is 2.86 bits per heavy atom. The molecule has 1 saturated heterocycles. The van der Waals surface area contributed by atoms with Crippen molar-refractivity contribution in [3.05, 3.63) is 41.7 Å². The third-order valence-electron chi connectivity index (χ3n) is 3.85. The van der Waals surface area contributed by atoms with Gasteiger partial charge in [-0.2, -0.15) is 5.10 Å². The standard InChI is InChI=1S/C15H19N5O2/c1-15(5-2-3-7-22-15)14-17-9-11(10-18-14)8-16-13(21)12-4-6-19-20-12/h4,6,9-10H,2-3,5,7-8H2,1H3,(H,16,21)(H,19,20). The van der Waals surface area contributed by atoms with Crippen molar-refractivity contribution in [1.82, 2.24) is 25.5 Å². The van der Waals surface area contributed by atoms with Crippen LogP contribution in [0.25, 0.3) is 0 Å². The van der Waals surface area contributed by atoms with Crippen LogP contribution in [-0.2, 0) is 16.9 Å². The lowest BCUT2D eigenvalue weighted by Crippen LogP contribution is -2.32. The molecule has 1 aliphatic heterocycles. The second-order valence-electron chi connectivity index (χ2n) is 5.60. The molecule has 0 spiro atoms. The van der Waals surface area contributed by atoms with Crippen LogP contribution in [0.2, 0.25) is 0 Å². The van der Waals surface area contributed by atoms with E-state index in [0.29, 0.717) is 18.1 Å². The van der Waals surface area contributed by atoms with Gasteiger partial charge in [0.2, 0.25) is 0 Å². The van der Waals surface area contributed by atoms with Crippen LogP contribution in [0.15, 0.2) is 24.7 Å². The first-order valence-corrected chi connectivity index (χ1v) is 7.40. The summed E-state index contributed by atoms with van der Waals surface area (Å²) in [5, 5.41) is 9.15. The Labute approximate surface area is 128 Å². The molecule has 0 bridgehead atoms. The summed E-state index contributed by atoms with van der Waals surface area (Å²) in [6, 6.07) is 1.62. The molecule has 7 heteroatoms. The van der Waals surface area contributed by atoms with E-state index in [9.17, 15) is 4.79 Å². The van der Waals surface area contributed by atoms with Gasteiger partial charge in [-0.3, -0.25) is 9.89 Å². The Balaban J connectivity index is 1.61. The van der Waals surface area contributed by atoms with Crippen molar-refractivity contribution in [3.63, 3.8) is 0 Å². The Hall–Kier alpha value is -2.28. The number of carbonyl (C=O) groups excluding carboxylic acids is 1. The number of hydrogen-bond donors (Lipinski definition) is 2. The van der Waals surface area contributed by atoms with Crippen molar-refractivity contribution in [2.75, 3.05) is 6.61 Å². The van der Waals surface area contributed by atoms with Gasteiger partial charge in [0.05, 0.1) is 0 Å². The molecular weight excluding hydrogens is 282 g/mol. The third kappa shape index (κ3) is 3.14. The van der Waals surface area contributed by atoms with Crippen LogP contribution in [0, 0.1) is 0 Å². The van der Waals surface area contributed by atoms with Crippen molar-refractivity contribution in [2.24, 2.45) is 0 Å². The van der Waals surface area contributed by atoms with Gasteiger partial charge in [0.1, 0.15) is 11.3 Å². The summed E-state index contributed by atoms with van der Waals surface area (Å²) in [7, 11) is 0. The van der Waals surface area contributed by atoms with Gasteiger partial charge in [0, 0.05) is 37.3 Å². The molecular formula is C15H19N5O2. The topological polar surface area (TPSA) is 92.8 Å². The number of nitrogens with zero attached hydrogens (tertiary/aromatic N) is 3. The summed E-state index contributed by atoms with van der Waals surface area (Å²) < 4.78 is 5.83. The maximum absolute atomic E-state index is 11.8. The highest BCUT2D eigenvalue weighted by molar-refractivity contribution is 5.91. The lowest BCUT2D eigenvalue weighted by Gasteiger charge is -2.32. The molecule has 2 aromatic rings. The van der Waals surface area contributed by atoms with E-state index in [-0.39, 0.29) is 5.91 Å². The van der Waals surface area contributed by atoms with Crippen molar-refractivity contribution in [2.45, 2.75) is 38.3 Å². The highest BCUT2D eigenvalue weighted by Crippen LogP contribution is 2.32. The van der Waals surface area contributed by atoms with E-state index in [1.54, 1.807) is 18.5 Å². The fourth-order valence-electron chi connectivity index (χ4n) is 2.49. The largest absolute Gasteiger partial charge is 0.367 e. The lowest BCUT2D eigenvalue weighted by molar-refractivity contribution is -0.0760. The Bertz CT molecular complexity index is 618. The van der Waals surface area contributed by atoms with Gasteiger partial charge < -0.3 is 10.1 Å². The number of aromatic nitrogens is 4. The highest BCUT2D eigenvalue weighted by atomic mass is 16.5. The number of H-pyrrole nitrogens is 1. The maximum Gasteiger partial charge on any atom is 0.269 e. The number of amides is 1. The molecule has 0 aliphatic carbocycles. The molecule has 0 saturated carbocycles. The number of aromatic amines is 1. The second kappa shape index (κ2) is 6.23. The van der Waals surface area contributed by atoms with Gasteiger partial charge in [0.15, 0.2) is 5.82 Å². The molecule has 2 N–H and O–H groups in total. The third-order valence-corrected chi connectivity index (χ3v) is 3.85. The zero-order chi connectivity index (χ0) is 15.4. The first kappa shape index (κ1) is 14.6. The molecule has 116 valence electrons. The quantitative estimate of drug-likeness (QED) is 0.893. The summed E-state index contributed by atoms with van der Waals surface area (Å²) in [6.45, 7) is 3.15. The summed E-state index contributed by atoms with van der Waals surface area (Å²) >= 11 is 0. The summed E-state index contributed by atoms with van der Waals surface area (Å²) in [5.74, 6) is 0.500. The minimum absolute atomic E-state index is 0.204. The average Bonchev–Trinajstić information content (AvgIpc) is 3.08. The number of carbonyl (C=O) groups is 1. The van der Waals surface area contributed by atoms with Crippen LogP contribution >= 0.6 is 0 Å². The Kier molecular flexibility index (Phi) is 4.15. The van der Waals surface area contributed by atoms with Gasteiger partial charge in [-0.25, -0.2) is 9.97 Å². The zero-order valence-electron chi connectivity index (χ0n) is 12.5. The molecule has 2 aromatic heterocycles. The lowest BCUT2D eigenvalue weighted by atomic mass is 9.95. The molecule has 1 fully saturated rings. The SMILES string of the molecule is CC1(c2ncc(CNC(=O)c3ccn[nH]3)cn2)CCCCO1. The van der Waals surface area contributed by atoms with E-state index in [2.05, 4.69) is 25.5 Å². The molecule has 0 aromatic carbocycles. The van der Waals surface area contributed by atoms with Gasteiger partial charge in [-0.05, 0) is 32.3 Å². The Morgan fingerprint density at radius 2 is 2.23 bits per heavy atom. The second-order valence-corrected chi connectivity index (χ2v) is 5.60. The normalized spacial score (nSPS) is 21.5. The van der Waals surface area contributed by atoms with Crippen LogP contribution in [-0.4, -0.2) is 32.7 Å². The smallest absolute Gasteiger partial charge is 0.269 e. The molecule has 1 atom stereocenters. The van der Waals surface area contributed by atoms with Crippen molar-refractivity contribution in [1.29, 1.82) is 0 Å². The Morgan fingerprint density at radius 1 is 1.41 bits per heavy atom. The number of nitrogens with one attached hydrogen (secondary N) is 2. The first-order chi connectivity index (χ1) is 10.7. The van der Waals surface area contributed by atoms with E-state index in [4.69, 9.17) is 4.74 Å². The van der Waals surface area contributed by atoms with Crippen LogP contribution in [0.1, 0.15) is 48.1 Å². The van der Waals surface area contributed by atoms with E-state index >= 15 is 0 Å². The predicted molar refractivity (Wildman–Crippen MR) is 78.9 cm³/mol. The van der Waals surface area contributed by atoms with Crippen molar-refractivity contribution < 1.29 is 9.53 Å². The molecule has 3 rings (SSSR count). The fraction of sp³-hybridized carbons (Fsp3) is 0.467. The van der Waals surface area contributed by atoms with Crippen molar-refractivity contribution in [3.8, 4) is 0 Å². The molecule has 7 nitrogen and oxygen atoms in total. The van der Waals surface area contributed by atoms with Gasteiger partial charge in [0.25, 0.3) is 5.91 Å². The van der Waals surface area contributed by atoms with E-state index in [0.717, 1.165) is 31.4 Å². The van der Waals surface area contributed by atoms with Gasteiger partial charge in [-0.15, -0.1) is 0 Å². The van der Waals surface area contributed by atoms with E-state index in [1.165, 1.54) is 6.20 Å². The molecule has 22 heavy (non-hydrogen) atoms. The highest BCUT2D eigenvalue weighted by Gasteiger charge is 2.32. The maximum atomic E-state index is 11.8. The van der Waals surface area contributed by atoms with E-state index < -0.39 is 5.60 Å². The van der Waals surface area contributed by atoms with Gasteiger partial charge in [-0.1, -0.05) is 0 Å². The molecule has 1 unspecified atom stereocenters. The van der Waals surface area contributed by atoms with Crippen molar-refractivity contribution >= 4 is 5.91 Å². The number of hydrogen-bond acceptors (Lipinski definition) is 5. The average molecular weight is 301 g/mol. The predicted octanol–water partition coefficient (Wildman–Crippen LogP) is 1.55. The molecule has 0 radical (unpaired) electrons. The van der Waals surface area contributed by atoms with Gasteiger partial charge >= 0.3 is 0 Å². The molecule has 3 heterocycles. The number of ether oxygens (including phenoxy) is 1. The molecule has 1 aliphatic rings. The summed E-state index contributed by atoms with van der Waals surface area (Å²) in [5.41, 5.74) is 0.882. The fourth-order valence-corrected chi connectivity index (χ4v) is 2.49. The van der Waals surface area contributed by atoms with Crippen LogP contribution in [0.5, 0.6) is 0 Å². The minimum atomic E-state index is -0.393. The van der Waals surface area contributed by atoms with Crippen LogP contribution < -0.4 is 5.32 Å². The number of rotatable bonds is 4.